The maximum atomic E-state index is 12.8. The summed E-state index contributed by atoms with van der Waals surface area (Å²) in [5.74, 6) is 1.13. The molecular weight excluding hydrogens is 466 g/mol. The molecule has 1 saturated heterocycles. The van der Waals surface area contributed by atoms with Crippen LogP contribution < -0.4 is 9.33 Å². The fraction of sp³-hybridized carbons (Fsp3) is 0.667. The number of carbonyl (C=O) groups is 2. The van der Waals surface area contributed by atoms with Crippen molar-refractivity contribution >= 4 is 25.8 Å². The molecule has 0 bridgehead atoms. The maximum absolute atomic E-state index is 12.8. The number of ketones is 1. The SMILES string of the molecule is CCCCCCc1ccc(N2CCC(=O)[C@@H]2C/C=C\CCCC(=O)OC)cc1O[Si](C)(C)C(C)(C)C. The lowest BCUT2D eigenvalue weighted by molar-refractivity contribution is -0.140. The topological polar surface area (TPSA) is 55.8 Å². The fourth-order valence-electron chi connectivity index (χ4n) is 4.30. The van der Waals surface area contributed by atoms with Crippen LogP contribution in [0.3, 0.4) is 0 Å². The Hall–Kier alpha value is -2.08. The number of Topliss-reactive ketones (excluding diaryl/α,β-unsaturated/α-hetero) is 1. The molecule has 1 aromatic carbocycles. The predicted molar refractivity (Wildman–Crippen MR) is 152 cm³/mol. The van der Waals surface area contributed by atoms with Gasteiger partial charge < -0.3 is 14.1 Å². The molecule has 1 heterocycles. The summed E-state index contributed by atoms with van der Waals surface area (Å²) >= 11 is 0. The van der Waals surface area contributed by atoms with Gasteiger partial charge in [0.2, 0.25) is 8.32 Å². The van der Waals surface area contributed by atoms with Gasteiger partial charge >= 0.3 is 5.97 Å². The van der Waals surface area contributed by atoms with Gasteiger partial charge in [-0.2, -0.15) is 0 Å². The second kappa shape index (κ2) is 14.0. The third kappa shape index (κ3) is 8.79. The summed E-state index contributed by atoms with van der Waals surface area (Å²) in [6, 6.07) is 6.46. The zero-order chi connectivity index (χ0) is 26.8. The Bertz CT molecular complexity index is 887. The van der Waals surface area contributed by atoms with E-state index in [4.69, 9.17) is 9.16 Å². The molecule has 0 amide bonds. The van der Waals surface area contributed by atoms with Gasteiger partial charge in [0.1, 0.15) is 5.75 Å². The molecule has 6 heteroatoms. The highest BCUT2D eigenvalue weighted by Crippen LogP contribution is 2.40. The van der Waals surface area contributed by atoms with E-state index in [0.717, 1.165) is 37.2 Å². The van der Waals surface area contributed by atoms with Gasteiger partial charge in [-0.1, -0.05) is 65.2 Å². The Kier molecular flexibility index (Phi) is 11.7. The number of benzene rings is 1. The Balaban J connectivity index is 2.18. The first-order valence-corrected chi connectivity index (χ1v) is 16.7. The molecule has 202 valence electrons. The quantitative estimate of drug-likeness (QED) is 0.110. The largest absolute Gasteiger partial charge is 0.543 e. The van der Waals surface area contributed by atoms with Crippen LogP contribution in [0.5, 0.6) is 5.75 Å². The number of allylic oxidation sites excluding steroid dienone is 1. The number of nitrogens with zero attached hydrogens (tertiary/aromatic N) is 1. The van der Waals surface area contributed by atoms with Crippen molar-refractivity contribution in [3.63, 3.8) is 0 Å². The second-order valence-corrected chi connectivity index (χ2v) is 16.3. The summed E-state index contributed by atoms with van der Waals surface area (Å²) in [5.41, 5.74) is 2.36. The van der Waals surface area contributed by atoms with Gasteiger partial charge in [-0.05, 0) is 61.9 Å². The van der Waals surface area contributed by atoms with Gasteiger partial charge in [-0.3, -0.25) is 9.59 Å². The monoisotopic (exact) mass is 515 g/mol. The number of anilines is 1. The van der Waals surface area contributed by atoms with Crippen molar-refractivity contribution in [1.82, 2.24) is 0 Å². The van der Waals surface area contributed by atoms with Gasteiger partial charge in [0, 0.05) is 31.1 Å². The van der Waals surface area contributed by atoms with Gasteiger partial charge in [0.05, 0.1) is 13.2 Å². The van der Waals surface area contributed by atoms with E-state index in [-0.39, 0.29) is 17.0 Å². The molecular formula is C30H49NO4Si. The lowest BCUT2D eigenvalue weighted by Gasteiger charge is -2.37. The Morgan fingerprint density at radius 2 is 1.89 bits per heavy atom. The number of methoxy groups -OCH3 is 1. The van der Waals surface area contributed by atoms with Crippen LogP contribution in [0.15, 0.2) is 30.4 Å². The van der Waals surface area contributed by atoms with Crippen molar-refractivity contribution in [3.05, 3.63) is 35.9 Å². The number of ether oxygens (including phenoxy) is 1. The molecule has 1 aromatic rings. The molecule has 0 unspecified atom stereocenters. The van der Waals surface area contributed by atoms with Gasteiger partial charge in [-0.25, -0.2) is 0 Å². The molecule has 36 heavy (non-hydrogen) atoms. The standard InChI is InChI=1S/C30H49NO4Si/c1-8-9-10-13-16-24-19-20-25(23-28(24)35-36(6,7)30(2,3)4)31-22-21-27(32)26(31)17-14-11-12-15-18-29(33)34-5/h11,14,19-20,23,26H,8-10,12-13,15-18,21-22H2,1-7H3/b14-11-/t26-/m0/s1. The predicted octanol–water partition coefficient (Wildman–Crippen LogP) is 7.63. The lowest BCUT2D eigenvalue weighted by atomic mass is 10.0. The number of esters is 1. The van der Waals surface area contributed by atoms with Crippen molar-refractivity contribution in [3.8, 4) is 5.75 Å². The highest BCUT2D eigenvalue weighted by atomic mass is 28.4. The Morgan fingerprint density at radius 3 is 2.56 bits per heavy atom. The number of unbranched alkanes of at least 4 members (excludes halogenated alkanes) is 4. The van der Waals surface area contributed by atoms with Crippen molar-refractivity contribution in [2.45, 2.75) is 116 Å². The molecule has 5 nitrogen and oxygen atoms in total. The fourth-order valence-corrected chi connectivity index (χ4v) is 5.34. The van der Waals surface area contributed by atoms with E-state index in [1.807, 2.05) is 0 Å². The van der Waals surface area contributed by atoms with E-state index in [2.05, 4.69) is 76.0 Å². The minimum absolute atomic E-state index is 0.118. The molecule has 0 aliphatic carbocycles. The van der Waals surface area contributed by atoms with Crippen LogP contribution in [-0.4, -0.2) is 39.8 Å². The molecule has 1 aliphatic heterocycles. The molecule has 0 radical (unpaired) electrons. The zero-order valence-electron chi connectivity index (χ0n) is 23.8. The minimum Gasteiger partial charge on any atom is -0.543 e. The van der Waals surface area contributed by atoms with Crippen molar-refractivity contribution in [2.24, 2.45) is 0 Å². The van der Waals surface area contributed by atoms with Crippen LogP contribution in [0.4, 0.5) is 5.69 Å². The van der Waals surface area contributed by atoms with Gasteiger partial charge in [-0.15, -0.1) is 0 Å². The second-order valence-electron chi connectivity index (χ2n) is 11.6. The highest BCUT2D eigenvalue weighted by Gasteiger charge is 2.39. The molecule has 1 atom stereocenters. The molecule has 0 aromatic heterocycles. The minimum atomic E-state index is -2.00. The molecule has 0 saturated carbocycles. The summed E-state index contributed by atoms with van der Waals surface area (Å²) in [5, 5.41) is 0.118. The van der Waals surface area contributed by atoms with E-state index < -0.39 is 8.32 Å². The summed E-state index contributed by atoms with van der Waals surface area (Å²) < 4.78 is 11.5. The van der Waals surface area contributed by atoms with E-state index in [9.17, 15) is 9.59 Å². The van der Waals surface area contributed by atoms with Crippen molar-refractivity contribution in [1.29, 1.82) is 0 Å². The normalized spacial score (nSPS) is 16.7. The van der Waals surface area contributed by atoms with Crippen molar-refractivity contribution < 1.29 is 18.8 Å². The van der Waals surface area contributed by atoms with Crippen molar-refractivity contribution in [2.75, 3.05) is 18.6 Å². The maximum Gasteiger partial charge on any atom is 0.305 e. The van der Waals surface area contributed by atoms with Crippen LogP contribution in [0.25, 0.3) is 0 Å². The van der Waals surface area contributed by atoms with E-state index >= 15 is 0 Å². The van der Waals surface area contributed by atoms with Gasteiger partial charge in [0.15, 0.2) is 5.78 Å². The number of hydrogen-bond acceptors (Lipinski definition) is 5. The van der Waals surface area contributed by atoms with Crippen LogP contribution in [0.1, 0.15) is 91.0 Å². The first-order valence-electron chi connectivity index (χ1n) is 13.8. The van der Waals surface area contributed by atoms with E-state index in [0.29, 0.717) is 25.0 Å². The smallest absolute Gasteiger partial charge is 0.305 e. The Morgan fingerprint density at radius 1 is 1.14 bits per heavy atom. The molecule has 2 rings (SSSR count). The number of aryl methyl sites for hydroxylation is 1. The summed E-state index contributed by atoms with van der Waals surface area (Å²) in [4.78, 5) is 26.3. The third-order valence-corrected chi connectivity index (χ3v) is 12.0. The van der Waals surface area contributed by atoms with E-state index in [1.54, 1.807) is 0 Å². The van der Waals surface area contributed by atoms with Crippen LogP contribution in [0.2, 0.25) is 18.1 Å². The third-order valence-electron chi connectivity index (χ3n) is 7.71. The van der Waals surface area contributed by atoms with Crippen LogP contribution >= 0.6 is 0 Å². The Labute approximate surface area is 220 Å². The number of carbonyl (C=O) groups excluding carboxylic acids is 2. The first-order chi connectivity index (χ1) is 17.0. The molecule has 0 spiro atoms. The summed E-state index contributed by atoms with van der Waals surface area (Å²) in [6.45, 7) is 14.4. The summed E-state index contributed by atoms with van der Waals surface area (Å²) in [6.07, 6.45) is 13.4. The van der Waals surface area contributed by atoms with Gasteiger partial charge in [0.25, 0.3) is 0 Å². The van der Waals surface area contributed by atoms with E-state index in [1.165, 1.54) is 38.4 Å². The number of rotatable bonds is 14. The highest BCUT2D eigenvalue weighted by molar-refractivity contribution is 6.74. The first kappa shape index (κ1) is 30.1. The molecule has 1 fully saturated rings. The molecule has 0 N–H and O–H groups in total. The lowest BCUT2D eigenvalue weighted by Crippen LogP contribution is -2.44. The van der Waals surface area contributed by atoms with Crippen LogP contribution in [-0.2, 0) is 20.7 Å². The zero-order valence-corrected chi connectivity index (χ0v) is 24.8. The average Bonchev–Trinajstić information content (AvgIpc) is 3.18. The summed E-state index contributed by atoms with van der Waals surface area (Å²) in [7, 11) is -0.582. The number of hydrogen-bond donors (Lipinski definition) is 0. The molecule has 1 aliphatic rings. The average molecular weight is 516 g/mol. The van der Waals surface area contributed by atoms with Crippen LogP contribution in [0, 0.1) is 0 Å².